The van der Waals surface area contributed by atoms with Gasteiger partial charge in [0.25, 0.3) is 11.8 Å². The largest absolute Gasteiger partial charge is 0.480 e. The highest BCUT2D eigenvalue weighted by Gasteiger charge is 2.42. The van der Waals surface area contributed by atoms with Gasteiger partial charge in [-0.25, -0.2) is 33.5 Å². The van der Waals surface area contributed by atoms with Gasteiger partial charge < -0.3 is 24.7 Å². The number of imide groups is 1. The molecular weight excluding hydrogens is 1340 g/mol. The first-order chi connectivity index (χ1) is 47.1. The van der Waals surface area contributed by atoms with Gasteiger partial charge in [-0.1, -0.05) is 66.5 Å². The van der Waals surface area contributed by atoms with Gasteiger partial charge in [0.15, 0.2) is 0 Å². The van der Waals surface area contributed by atoms with Gasteiger partial charge in [0.1, 0.15) is 41.4 Å². The molecule has 2 N–H and O–H groups in total. The number of carbonyl (C=O) groups is 7. The Morgan fingerprint density at radius 1 is 0.576 bits per heavy atom. The van der Waals surface area contributed by atoms with Crippen LogP contribution in [0.1, 0.15) is 134 Å². The standard InChI is InChI=1S/C36H33ClF3N5O6.C34H33ClF3N5O5/c1-35(33(48)51-45-30(46)11-12-31(45)47)14-3-2-4-27(13-15-35)50-34(49)44-21-24(28-17-25(37)20-43-32(28)44)16-23-6-9-26(41-19-23)8-5-22-7-10-29(42-18-22)36(38,39)40;1-33(31(46)42-19-29(44)45)12-3-2-4-26(11-13-33)48-32(47)43-20-23(27-15-24(35)18-41-30(27)43)14-22-6-9-25(39-17-22)8-5-21-7-10-28(40-16-21)34(36,37)38/h2,4,6-7,9-10,17-21,27H,3,5,8,11-16H2,1H3;2,4,6-7,9-10,15-18,20,26H,3,5,8,11-14,19H2,1H3,(H,42,46)(H,44,45)/b2*4-2+/t27?,35-;26?,33-/m11/s1. The Balaban J connectivity index is 0.000000215. The van der Waals surface area contributed by atoms with Crippen LogP contribution in [-0.4, -0.2) is 110 Å². The molecule has 21 nitrogen and oxygen atoms in total. The fourth-order valence-electron chi connectivity index (χ4n) is 11.6. The molecule has 3 aliphatic rings. The molecule has 0 spiro atoms. The lowest BCUT2D eigenvalue weighted by atomic mass is 9.78. The number of carbonyl (C=O) groups excluding carboxylic acids is 6. The van der Waals surface area contributed by atoms with Crippen LogP contribution in [0.5, 0.6) is 0 Å². The zero-order valence-corrected chi connectivity index (χ0v) is 55.0. The van der Waals surface area contributed by atoms with Crippen molar-refractivity contribution in [3.63, 3.8) is 0 Å². The number of aromatic nitrogens is 8. The van der Waals surface area contributed by atoms with Crippen molar-refractivity contribution < 1.29 is 79.3 Å². The first-order valence-corrected chi connectivity index (χ1v) is 32.4. The SMILES string of the molecule is C[C@@]1(C(=O)NCC(=O)O)CC/C=C/C(OC(=O)n2cc(Cc3ccc(CCc4ccc(C(F)(F)F)nc4)nc3)c3cc(Cl)cnc32)CC1.C[C@@]1(C(=O)ON2C(=O)CCC2=O)CC/C=C/C(OC(=O)n2cc(Cc3ccc(CCc4ccc(C(F)(F)F)nc4)nc3)c3cc(Cl)cnc32)CC1. The van der Waals surface area contributed by atoms with E-state index in [1.54, 1.807) is 62.9 Å². The number of aryl methyl sites for hydroxylation is 4. The van der Waals surface area contributed by atoms with E-state index in [1.165, 1.54) is 46.1 Å². The quantitative estimate of drug-likeness (QED) is 0.0487. The summed E-state index contributed by atoms with van der Waals surface area (Å²) in [5.41, 5.74) is 3.06. The second kappa shape index (κ2) is 30.9. The first kappa shape index (κ1) is 71.9. The van der Waals surface area contributed by atoms with E-state index in [9.17, 15) is 59.9 Å². The Hall–Kier alpha value is -9.89. The Morgan fingerprint density at radius 3 is 1.42 bits per heavy atom. The molecule has 2 unspecified atom stereocenters. The molecular formula is C70H66Cl2F6N10O11. The number of pyridine rings is 6. The molecule has 0 saturated carbocycles. The van der Waals surface area contributed by atoms with Crippen LogP contribution in [0.25, 0.3) is 22.1 Å². The third-order valence-corrected chi connectivity index (χ3v) is 17.8. The van der Waals surface area contributed by atoms with Gasteiger partial charge in [-0.05, 0) is 166 Å². The number of carboxylic acids is 1. The average Bonchev–Trinajstić information content (AvgIpc) is 1.63. The van der Waals surface area contributed by atoms with Crippen LogP contribution < -0.4 is 5.32 Å². The number of nitrogens with zero attached hydrogens (tertiary/aromatic N) is 9. The lowest BCUT2D eigenvalue weighted by Crippen LogP contribution is -2.42. The molecule has 518 valence electrons. The van der Waals surface area contributed by atoms with Crippen LogP contribution in [-0.2, 0) is 89.2 Å². The number of allylic oxidation sites excluding steroid dienone is 2. The van der Waals surface area contributed by atoms with Gasteiger partial charge in [-0.2, -0.15) is 26.3 Å². The Bertz CT molecular complexity index is 4360. The van der Waals surface area contributed by atoms with E-state index in [0.717, 1.165) is 45.8 Å². The van der Waals surface area contributed by atoms with Crippen LogP contribution in [0.3, 0.4) is 0 Å². The van der Waals surface area contributed by atoms with Crippen molar-refractivity contribution in [1.29, 1.82) is 0 Å². The molecule has 1 fully saturated rings. The van der Waals surface area contributed by atoms with E-state index in [1.807, 2.05) is 36.4 Å². The van der Waals surface area contributed by atoms with E-state index in [0.29, 0.717) is 125 Å². The molecule has 8 aromatic rings. The van der Waals surface area contributed by atoms with Gasteiger partial charge in [-0.3, -0.25) is 39.1 Å². The van der Waals surface area contributed by atoms with Gasteiger partial charge in [0.05, 0.1) is 15.5 Å². The minimum atomic E-state index is -4.49. The van der Waals surface area contributed by atoms with E-state index < -0.39 is 89.3 Å². The predicted octanol–water partition coefficient (Wildman–Crippen LogP) is 13.5. The molecule has 2 aliphatic carbocycles. The van der Waals surface area contributed by atoms with Crippen molar-refractivity contribution in [2.75, 3.05) is 6.54 Å². The number of alkyl halides is 6. The Kier molecular flexibility index (Phi) is 22.4. The van der Waals surface area contributed by atoms with Crippen molar-refractivity contribution >= 4 is 87.1 Å². The normalized spacial score (nSPS) is 19.6. The van der Waals surface area contributed by atoms with Crippen LogP contribution >= 0.6 is 23.2 Å². The highest BCUT2D eigenvalue weighted by Crippen LogP contribution is 2.37. The summed E-state index contributed by atoms with van der Waals surface area (Å²) in [5.74, 6) is -3.27. The Labute approximate surface area is 572 Å². The molecule has 4 atom stereocenters. The highest BCUT2D eigenvalue weighted by atomic mass is 35.5. The summed E-state index contributed by atoms with van der Waals surface area (Å²) in [6.07, 6.45) is 13.7. The molecule has 1 saturated heterocycles. The van der Waals surface area contributed by atoms with E-state index in [-0.39, 0.29) is 31.6 Å². The second-order valence-electron chi connectivity index (χ2n) is 24.9. The summed E-state index contributed by atoms with van der Waals surface area (Å²) in [7, 11) is 0. The van der Waals surface area contributed by atoms with Crippen LogP contribution in [0.4, 0.5) is 35.9 Å². The smallest absolute Gasteiger partial charge is 0.433 e. The third-order valence-electron chi connectivity index (χ3n) is 17.4. The summed E-state index contributed by atoms with van der Waals surface area (Å²) < 4.78 is 91.1. The van der Waals surface area contributed by atoms with Gasteiger partial charge in [-0.15, -0.1) is 5.06 Å². The minimum absolute atomic E-state index is 0.000993. The van der Waals surface area contributed by atoms with E-state index in [2.05, 4.69) is 35.2 Å². The number of hydrogen-bond donors (Lipinski definition) is 2. The first-order valence-electron chi connectivity index (χ1n) is 31.7. The summed E-state index contributed by atoms with van der Waals surface area (Å²) in [5, 5.41) is 14.0. The number of hydroxylamine groups is 2. The second-order valence-corrected chi connectivity index (χ2v) is 25.8. The number of aliphatic carboxylic acids is 1. The molecule has 3 amide bonds. The molecule has 8 aromatic heterocycles. The topological polar surface area (TPSA) is 270 Å². The van der Waals surface area contributed by atoms with Gasteiger partial charge in [0, 0.05) is 103 Å². The minimum Gasteiger partial charge on any atom is -0.480 e. The lowest BCUT2D eigenvalue weighted by Gasteiger charge is -2.30. The van der Waals surface area contributed by atoms with Crippen molar-refractivity contribution in [1.82, 2.24) is 49.4 Å². The number of amides is 3. The Morgan fingerprint density at radius 2 is 1.01 bits per heavy atom. The maximum atomic E-state index is 13.6. The maximum Gasteiger partial charge on any atom is 0.433 e. The predicted molar refractivity (Wildman–Crippen MR) is 347 cm³/mol. The van der Waals surface area contributed by atoms with Crippen LogP contribution in [0.15, 0.2) is 135 Å². The van der Waals surface area contributed by atoms with Gasteiger partial charge >= 0.3 is 36.5 Å². The molecule has 11 rings (SSSR count). The van der Waals surface area contributed by atoms with Crippen molar-refractivity contribution in [2.45, 2.75) is 141 Å². The molecule has 29 heteroatoms. The number of nitrogens with one attached hydrogen (secondary N) is 1. The van der Waals surface area contributed by atoms with Crippen molar-refractivity contribution in [2.24, 2.45) is 10.8 Å². The zero-order valence-electron chi connectivity index (χ0n) is 53.5. The molecule has 1 aliphatic heterocycles. The third kappa shape index (κ3) is 18.5. The molecule has 0 radical (unpaired) electrons. The number of hydrogen-bond acceptors (Lipinski definition) is 16. The fraction of sp³-hybridized carbons (Fsp3) is 0.357. The number of halogens is 8. The molecule has 0 bridgehead atoms. The average molecular weight is 1410 g/mol. The summed E-state index contributed by atoms with van der Waals surface area (Å²) in [6.45, 7) is 3.02. The molecule has 0 aromatic carbocycles. The summed E-state index contributed by atoms with van der Waals surface area (Å²) in [4.78, 5) is 118. The van der Waals surface area contributed by atoms with Crippen molar-refractivity contribution in [3.8, 4) is 0 Å². The zero-order chi connectivity index (χ0) is 70.8. The van der Waals surface area contributed by atoms with E-state index in [4.69, 9.17) is 42.6 Å². The highest BCUT2D eigenvalue weighted by molar-refractivity contribution is 6.31. The number of fused-ring (bicyclic) bond motifs is 2. The number of ether oxygens (including phenoxy) is 2. The van der Waals surface area contributed by atoms with Crippen LogP contribution in [0.2, 0.25) is 10.0 Å². The number of carboxylic acid groups (broad SMARTS) is 1. The summed E-state index contributed by atoms with van der Waals surface area (Å²) >= 11 is 12.5. The maximum absolute atomic E-state index is 13.6. The molecule has 99 heavy (non-hydrogen) atoms. The van der Waals surface area contributed by atoms with Crippen LogP contribution in [0, 0.1) is 10.8 Å². The van der Waals surface area contributed by atoms with Crippen molar-refractivity contribution in [3.05, 3.63) is 201 Å². The van der Waals surface area contributed by atoms with E-state index >= 15 is 0 Å². The van der Waals surface area contributed by atoms with Gasteiger partial charge in [0.2, 0.25) is 5.91 Å². The summed E-state index contributed by atoms with van der Waals surface area (Å²) in [6, 6.07) is 15.7. The fourth-order valence-corrected chi connectivity index (χ4v) is 11.9. The number of rotatable bonds is 17. The monoisotopic (exact) mass is 1410 g/mol. The molecule has 9 heterocycles. The lowest BCUT2D eigenvalue weighted by molar-refractivity contribution is -0.205.